The van der Waals surface area contributed by atoms with E-state index in [4.69, 9.17) is 0 Å². The summed E-state index contributed by atoms with van der Waals surface area (Å²) in [6.45, 7) is 6.43. The lowest BCUT2D eigenvalue weighted by atomic mass is 10.1. The van der Waals surface area contributed by atoms with E-state index in [0.29, 0.717) is 17.8 Å². The Morgan fingerprint density at radius 2 is 1.71 bits per heavy atom. The molecule has 0 N–H and O–H groups in total. The van der Waals surface area contributed by atoms with Crippen molar-refractivity contribution >= 4 is 11.5 Å². The van der Waals surface area contributed by atoms with Gasteiger partial charge in [-0.3, -0.25) is 9.69 Å². The van der Waals surface area contributed by atoms with Crippen LogP contribution in [-0.4, -0.2) is 59.8 Å². The largest absolute Gasteiger partial charge is 0.369 e. The molecule has 2 saturated heterocycles. The Hall–Kier alpha value is -2.41. The van der Waals surface area contributed by atoms with Crippen LogP contribution in [0.25, 0.3) is 0 Å². The summed E-state index contributed by atoms with van der Waals surface area (Å²) in [5, 5.41) is 0. The van der Waals surface area contributed by atoms with Crippen LogP contribution in [0.2, 0.25) is 0 Å². The summed E-state index contributed by atoms with van der Waals surface area (Å²) in [5.41, 5.74) is 1.13. The Kier molecular flexibility index (Phi) is 4.55. The van der Waals surface area contributed by atoms with Crippen molar-refractivity contribution in [3.05, 3.63) is 52.8 Å². The summed E-state index contributed by atoms with van der Waals surface area (Å²) in [7, 11) is 0. The van der Waals surface area contributed by atoms with Crippen LogP contribution in [0.5, 0.6) is 0 Å². The Labute approximate surface area is 164 Å². The lowest BCUT2D eigenvalue weighted by Crippen LogP contribution is -2.64. The molecular weight excluding hydrogens is 357 g/mol. The van der Waals surface area contributed by atoms with Crippen molar-refractivity contribution in [3.63, 3.8) is 0 Å². The normalized spacial score (nSPS) is 21.0. The van der Waals surface area contributed by atoms with Gasteiger partial charge in [0.2, 0.25) is 0 Å². The molecule has 3 heterocycles. The second-order valence-corrected chi connectivity index (χ2v) is 8.21. The molecule has 0 atom stereocenters. The van der Waals surface area contributed by atoms with E-state index in [0.717, 1.165) is 51.5 Å². The minimum atomic E-state index is -0.192. The summed E-state index contributed by atoms with van der Waals surface area (Å²) in [6, 6.07) is 7.23. The summed E-state index contributed by atoms with van der Waals surface area (Å²) in [5.74, 6) is 1.08. The number of benzene rings is 1. The molecule has 6 nitrogen and oxygen atoms in total. The molecule has 2 aromatic rings. The molecule has 3 fully saturated rings. The molecule has 0 spiro atoms. The SMILES string of the molecule is O=c1c(N2CC(N3CCN(c4ccc(F)cc4)CC3)C2)nccn1CC1CC1. The van der Waals surface area contributed by atoms with Gasteiger partial charge >= 0.3 is 0 Å². The van der Waals surface area contributed by atoms with Crippen LogP contribution >= 0.6 is 0 Å². The molecule has 0 unspecified atom stereocenters. The maximum absolute atomic E-state index is 13.1. The van der Waals surface area contributed by atoms with Crippen molar-refractivity contribution < 1.29 is 4.39 Å². The predicted octanol–water partition coefficient (Wildman–Crippen LogP) is 1.80. The van der Waals surface area contributed by atoms with Gasteiger partial charge in [0.1, 0.15) is 5.82 Å². The van der Waals surface area contributed by atoms with Crippen LogP contribution in [0.1, 0.15) is 12.8 Å². The average Bonchev–Trinajstić information content (AvgIpc) is 3.49. The maximum Gasteiger partial charge on any atom is 0.293 e. The van der Waals surface area contributed by atoms with Crippen molar-refractivity contribution in [3.8, 4) is 0 Å². The van der Waals surface area contributed by atoms with E-state index in [1.807, 2.05) is 22.9 Å². The van der Waals surface area contributed by atoms with E-state index in [1.165, 1.54) is 25.0 Å². The number of hydrogen-bond acceptors (Lipinski definition) is 5. The fourth-order valence-corrected chi connectivity index (χ4v) is 4.23. The van der Waals surface area contributed by atoms with Gasteiger partial charge in [-0.1, -0.05) is 0 Å². The zero-order chi connectivity index (χ0) is 19.1. The average molecular weight is 383 g/mol. The van der Waals surface area contributed by atoms with Crippen molar-refractivity contribution in [1.82, 2.24) is 14.5 Å². The molecule has 0 bridgehead atoms. The zero-order valence-corrected chi connectivity index (χ0v) is 16.0. The highest BCUT2D eigenvalue weighted by atomic mass is 19.1. The third-order valence-corrected chi connectivity index (χ3v) is 6.23. The highest BCUT2D eigenvalue weighted by Gasteiger charge is 2.35. The van der Waals surface area contributed by atoms with Crippen LogP contribution in [0, 0.1) is 11.7 Å². The Balaban J connectivity index is 1.16. The van der Waals surface area contributed by atoms with Crippen LogP contribution in [0.15, 0.2) is 41.5 Å². The standard InChI is InChI=1S/C21H26FN5O/c22-17-3-5-18(6-4-17)24-9-11-25(12-10-24)19-14-27(15-19)20-21(28)26(8-7-23-20)13-16-1-2-16/h3-8,16,19H,1-2,9-15H2. The van der Waals surface area contributed by atoms with E-state index < -0.39 is 0 Å². The first-order valence-electron chi connectivity index (χ1n) is 10.2. The van der Waals surface area contributed by atoms with Crippen molar-refractivity contribution in [2.24, 2.45) is 5.92 Å². The van der Waals surface area contributed by atoms with Gasteiger partial charge in [-0.05, 0) is 43.0 Å². The predicted molar refractivity (Wildman–Crippen MR) is 107 cm³/mol. The molecule has 0 amide bonds. The molecule has 1 aromatic carbocycles. The molecular formula is C21H26FN5O. The number of rotatable bonds is 5. The first-order valence-corrected chi connectivity index (χ1v) is 10.2. The van der Waals surface area contributed by atoms with Gasteiger partial charge in [-0.25, -0.2) is 9.37 Å². The number of aromatic nitrogens is 2. The van der Waals surface area contributed by atoms with Crippen LogP contribution in [0.3, 0.4) is 0 Å². The second-order valence-electron chi connectivity index (χ2n) is 8.21. The topological polar surface area (TPSA) is 44.6 Å². The van der Waals surface area contributed by atoms with Gasteiger partial charge in [0.25, 0.3) is 5.56 Å². The molecule has 0 radical (unpaired) electrons. The van der Waals surface area contributed by atoms with Crippen molar-refractivity contribution in [2.75, 3.05) is 49.1 Å². The van der Waals surface area contributed by atoms with Gasteiger partial charge in [-0.2, -0.15) is 0 Å². The van der Waals surface area contributed by atoms with Crippen molar-refractivity contribution in [1.29, 1.82) is 0 Å². The summed E-state index contributed by atoms with van der Waals surface area (Å²) in [6.07, 6.45) is 6.05. The lowest BCUT2D eigenvalue weighted by molar-refractivity contribution is 0.156. The van der Waals surface area contributed by atoms with Gasteiger partial charge in [-0.15, -0.1) is 0 Å². The van der Waals surface area contributed by atoms with E-state index >= 15 is 0 Å². The summed E-state index contributed by atoms with van der Waals surface area (Å²) in [4.78, 5) is 24.0. The Morgan fingerprint density at radius 1 is 1.00 bits per heavy atom. The van der Waals surface area contributed by atoms with E-state index in [1.54, 1.807) is 6.20 Å². The molecule has 28 heavy (non-hydrogen) atoms. The lowest BCUT2D eigenvalue weighted by Gasteiger charge is -2.48. The number of hydrogen-bond donors (Lipinski definition) is 0. The molecule has 148 valence electrons. The van der Waals surface area contributed by atoms with Crippen LogP contribution < -0.4 is 15.4 Å². The first-order chi connectivity index (χ1) is 13.7. The van der Waals surface area contributed by atoms with Gasteiger partial charge in [0, 0.05) is 69.9 Å². The van der Waals surface area contributed by atoms with Gasteiger partial charge in [0.15, 0.2) is 5.82 Å². The Morgan fingerprint density at radius 3 is 2.39 bits per heavy atom. The molecule has 7 heteroatoms. The molecule has 1 aromatic heterocycles. The van der Waals surface area contributed by atoms with E-state index in [-0.39, 0.29) is 11.4 Å². The molecule has 5 rings (SSSR count). The third-order valence-electron chi connectivity index (χ3n) is 6.23. The van der Waals surface area contributed by atoms with Crippen molar-refractivity contribution in [2.45, 2.75) is 25.4 Å². The monoisotopic (exact) mass is 383 g/mol. The van der Waals surface area contributed by atoms with Gasteiger partial charge in [0.05, 0.1) is 0 Å². The molecule has 1 aliphatic carbocycles. The third kappa shape index (κ3) is 3.51. The summed E-state index contributed by atoms with van der Waals surface area (Å²) < 4.78 is 14.9. The number of halogens is 1. The Bertz CT molecular complexity index is 880. The first kappa shape index (κ1) is 17.7. The van der Waals surface area contributed by atoms with Crippen LogP contribution in [-0.2, 0) is 6.54 Å². The molecule has 1 saturated carbocycles. The number of anilines is 2. The number of piperazine rings is 1. The highest BCUT2D eigenvalue weighted by Crippen LogP contribution is 2.30. The van der Waals surface area contributed by atoms with E-state index in [2.05, 4.69) is 19.7 Å². The highest BCUT2D eigenvalue weighted by molar-refractivity contribution is 5.47. The molecule has 2 aliphatic heterocycles. The smallest absolute Gasteiger partial charge is 0.293 e. The van der Waals surface area contributed by atoms with Gasteiger partial charge < -0.3 is 14.4 Å². The quantitative estimate of drug-likeness (QED) is 0.788. The minimum Gasteiger partial charge on any atom is -0.369 e. The van der Waals surface area contributed by atoms with E-state index in [9.17, 15) is 9.18 Å². The fraction of sp³-hybridized carbons (Fsp3) is 0.524. The summed E-state index contributed by atoms with van der Waals surface area (Å²) >= 11 is 0. The van der Waals surface area contributed by atoms with Crippen LogP contribution in [0.4, 0.5) is 15.9 Å². The molecule has 3 aliphatic rings. The number of nitrogens with zero attached hydrogens (tertiary/aromatic N) is 5. The maximum atomic E-state index is 13.1. The zero-order valence-electron chi connectivity index (χ0n) is 16.0. The minimum absolute atomic E-state index is 0.0500. The fourth-order valence-electron chi connectivity index (χ4n) is 4.23. The second kappa shape index (κ2) is 7.20.